The smallest absolute Gasteiger partial charge is 0.142 e. The molecule has 0 saturated carbocycles. The largest absolute Gasteiger partial charge is 0.495 e. The first-order valence-corrected chi connectivity index (χ1v) is 5.69. The highest BCUT2D eigenvalue weighted by Gasteiger charge is 2.01. The van der Waals surface area contributed by atoms with Gasteiger partial charge in [-0.1, -0.05) is 12.8 Å². The molecule has 0 spiro atoms. The van der Waals surface area contributed by atoms with Crippen LogP contribution in [0.1, 0.15) is 6.92 Å². The van der Waals surface area contributed by atoms with Crippen LogP contribution in [0.15, 0.2) is 23.1 Å². The van der Waals surface area contributed by atoms with Crippen LogP contribution in [0, 0.1) is 0 Å². The first-order chi connectivity index (χ1) is 6.19. The summed E-state index contributed by atoms with van der Waals surface area (Å²) in [6.45, 7) is 2.12. The monoisotopic (exact) mass is 197 g/mol. The Morgan fingerprint density at radius 2 is 2.23 bits per heavy atom. The first kappa shape index (κ1) is 10.1. The van der Waals surface area contributed by atoms with Crippen LogP contribution in [0.4, 0.5) is 5.69 Å². The number of rotatable bonds is 3. The summed E-state index contributed by atoms with van der Waals surface area (Å²) in [5.74, 6) is 5.85. The van der Waals surface area contributed by atoms with Crippen molar-refractivity contribution < 1.29 is 4.74 Å². The number of nitrogens with two attached hydrogens (primary N) is 1. The van der Waals surface area contributed by atoms with E-state index in [1.807, 2.05) is 18.2 Å². The summed E-state index contributed by atoms with van der Waals surface area (Å²) in [7, 11) is 1.68. The molecule has 0 amide bonds. The van der Waals surface area contributed by atoms with E-state index in [2.05, 4.69) is 12.8 Å². The molecule has 1 aromatic rings. The molecule has 3 heteroatoms. The van der Waals surface area contributed by atoms with Gasteiger partial charge < -0.3 is 10.5 Å². The number of hydrogen-bond donors (Lipinski definition) is 1. The number of anilines is 1. The maximum absolute atomic E-state index is 5.70. The van der Waals surface area contributed by atoms with Gasteiger partial charge in [-0.05, 0) is 24.0 Å². The molecular weight excluding hydrogens is 182 g/mol. The van der Waals surface area contributed by atoms with E-state index in [0.717, 1.165) is 11.5 Å². The van der Waals surface area contributed by atoms with Gasteiger partial charge >= 0.3 is 0 Å². The lowest BCUT2D eigenvalue weighted by atomic mass is 10.3. The second-order valence-corrected chi connectivity index (χ2v) is 4.72. The highest BCUT2D eigenvalue weighted by Crippen LogP contribution is 2.30. The van der Waals surface area contributed by atoms with E-state index in [1.165, 1.54) is 4.90 Å². The standard InChI is InChI=1S/C10H15NOS/c1-4-13(3)8-5-6-9(11)10(7-8)12-2/h5-7H,3-4,11H2,1-2H3. The number of ether oxygens (including phenoxy) is 1. The van der Waals surface area contributed by atoms with E-state index < -0.39 is 0 Å². The van der Waals surface area contributed by atoms with Gasteiger partial charge in [0, 0.05) is 4.90 Å². The van der Waals surface area contributed by atoms with Crippen LogP contribution in [0.3, 0.4) is 0 Å². The molecule has 72 valence electrons. The summed E-state index contributed by atoms with van der Waals surface area (Å²) in [4.78, 5) is 1.20. The van der Waals surface area contributed by atoms with Crippen LogP contribution in [-0.2, 0) is 0 Å². The topological polar surface area (TPSA) is 35.2 Å². The minimum absolute atomic E-state index is 0.0539. The second-order valence-electron chi connectivity index (χ2n) is 2.69. The zero-order chi connectivity index (χ0) is 9.84. The third kappa shape index (κ3) is 2.25. The molecule has 0 aliphatic rings. The Hall–Kier alpha value is -0.960. The van der Waals surface area contributed by atoms with E-state index >= 15 is 0 Å². The van der Waals surface area contributed by atoms with Crippen molar-refractivity contribution >= 4 is 22.0 Å². The fourth-order valence-electron chi connectivity index (χ4n) is 1.04. The van der Waals surface area contributed by atoms with Gasteiger partial charge in [0.1, 0.15) is 5.75 Å². The van der Waals surface area contributed by atoms with Crippen LogP contribution in [-0.4, -0.2) is 18.7 Å². The first-order valence-electron chi connectivity index (χ1n) is 4.13. The molecule has 0 aromatic heterocycles. The summed E-state index contributed by atoms with van der Waals surface area (Å²) in [5.41, 5.74) is 6.38. The molecule has 1 rings (SSSR count). The number of nitrogen functional groups attached to an aromatic ring is 1. The van der Waals surface area contributed by atoms with Crippen molar-refractivity contribution in [2.24, 2.45) is 0 Å². The predicted octanol–water partition coefficient (Wildman–Crippen LogP) is 2.36. The Labute approximate surface area is 81.6 Å². The van der Waals surface area contributed by atoms with Crippen LogP contribution < -0.4 is 10.5 Å². The zero-order valence-electron chi connectivity index (χ0n) is 8.04. The van der Waals surface area contributed by atoms with Gasteiger partial charge in [-0.15, -0.1) is 0 Å². The van der Waals surface area contributed by atoms with Gasteiger partial charge in [-0.3, -0.25) is 0 Å². The highest BCUT2D eigenvalue weighted by atomic mass is 32.2. The average molecular weight is 197 g/mol. The zero-order valence-corrected chi connectivity index (χ0v) is 8.86. The van der Waals surface area contributed by atoms with Crippen LogP contribution >= 0.6 is 10.5 Å². The van der Waals surface area contributed by atoms with Gasteiger partial charge in [0.2, 0.25) is 0 Å². The van der Waals surface area contributed by atoms with Crippen molar-refractivity contribution in [2.45, 2.75) is 11.8 Å². The van der Waals surface area contributed by atoms with E-state index in [1.54, 1.807) is 7.11 Å². The molecule has 13 heavy (non-hydrogen) atoms. The van der Waals surface area contributed by atoms with Crippen molar-refractivity contribution in [1.82, 2.24) is 0 Å². The van der Waals surface area contributed by atoms with Crippen LogP contribution in [0.25, 0.3) is 0 Å². The molecule has 1 aromatic carbocycles. The Morgan fingerprint density at radius 1 is 1.54 bits per heavy atom. The molecule has 0 aliphatic heterocycles. The lowest BCUT2D eigenvalue weighted by Crippen LogP contribution is -1.92. The third-order valence-corrected chi connectivity index (χ3v) is 3.50. The van der Waals surface area contributed by atoms with Crippen molar-refractivity contribution in [1.29, 1.82) is 0 Å². The van der Waals surface area contributed by atoms with E-state index in [9.17, 15) is 0 Å². The number of hydrogen-bond acceptors (Lipinski definition) is 2. The lowest BCUT2D eigenvalue weighted by Gasteiger charge is -2.08. The summed E-state index contributed by atoms with van der Waals surface area (Å²) >= 11 is 0. The Morgan fingerprint density at radius 3 is 2.77 bits per heavy atom. The quantitative estimate of drug-likeness (QED) is 0.596. The minimum Gasteiger partial charge on any atom is -0.495 e. The molecular formula is C10H15NOS. The van der Waals surface area contributed by atoms with Gasteiger partial charge in [-0.2, -0.15) is 10.5 Å². The highest BCUT2D eigenvalue weighted by molar-refractivity contribution is 8.14. The summed E-state index contributed by atoms with van der Waals surface area (Å²) in [6, 6.07) is 5.85. The SMILES string of the molecule is C=S(CC)c1ccc(N)c(OC)c1. The fraction of sp³-hybridized carbons (Fsp3) is 0.300. The fourth-order valence-corrected chi connectivity index (χ4v) is 1.91. The molecule has 2 nitrogen and oxygen atoms in total. The van der Waals surface area contributed by atoms with E-state index in [4.69, 9.17) is 10.5 Å². The van der Waals surface area contributed by atoms with E-state index in [-0.39, 0.29) is 10.5 Å². The Bertz CT molecular complexity index is 323. The normalized spacial score (nSPS) is 12.5. The van der Waals surface area contributed by atoms with Crippen molar-refractivity contribution in [3.05, 3.63) is 18.2 Å². The molecule has 0 radical (unpaired) electrons. The molecule has 0 bridgehead atoms. The molecule has 2 N–H and O–H groups in total. The van der Waals surface area contributed by atoms with Crippen molar-refractivity contribution in [3.8, 4) is 5.75 Å². The van der Waals surface area contributed by atoms with E-state index in [0.29, 0.717) is 5.69 Å². The molecule has 1 unspecified atom stereocenters. The van der Waals surface area contributed by atoms with Crippen LogP contribution in [0.2, 0.25) is 0 Å². The maximum atomic E-state index is 5.70. The van der Waals surface area contributed by atoms with Gasteiger partial charge in [-0.25, -0.2) is 0 Å². The minimum atomic E-state index is 0.0539. The molecule has 0 aliphatic carbocycles. The van der Waals surface area contributed by atoms with Crippen LogP contribution in [0.5, 0.6) is 5.75 Å². The van der Waals surface area contributed by atoms with Crippen molar-refractivity contribution in [3.63, 3.8) is 0 Å². The number of benzene rings is 1. The summed E-state index contributed by atoms with van der Waals surface area (Å²) in [5, 5.41) is 0. The third-order valence-electron chi connectivity index (χ3n) is 1.89. The molecule has 0 heterocycles. The molecule has 0 saturated heterocycles. The summed E-state index contributed by atoms with van der Waals surface area (Å²) < 4.78 is 5.13. The molecule has 1 atom stereocenters. The summed E-state index contributed by atoms with van der Waals surface area (Å²) in [6.07, 6.45) is 0. The van der Waals surface area contributed by atoms with Crippen molar-refractivity contribution in [2.75, 3.05) is 18.6 Å². The predicted molar refractivity (Wildman–Crippen MR) is 60.9 cm³/mol. The second kappa shape index (κ2) is 4.33. The maximum Gasteiger partial charge on any atom is 0.142 e. The van der Waals surface area contributed by atoms with Gasteiger partial charge in [0.05, 0.1) is 12.8 Å². The number of methoxy groups -OCH3 is 1. The average Bonchev–Trinajstić information content (AvgIpc) is 2.17. The molecule has 0 fully saturated rings. The van der Waals surface area contributed by atoms with Gasteiger partial charge in [0.15, 0.2) is 0 Å². The van der Waals surface area contributed by atoms with Gasteiger partial charge in [0.25, 0.3) is 0 Å². The lowest BCUT2D eigenvalue weighted by molar-refractivity contribution is 0.416. The Balaban J connectivity index is 3.06. The Kier molecular flexibility index (Phi) is 3.37.